The van der Waals surface area contributed by atoms with Crippen molar-refractivity contribution in [3.8, 4) is 5.75 Å². The summed E-state index contributed by atoms with van der Waals surface area (Å²) in [5.41, 5.74) is 0.910. The van der Waals surface area contributed by atoms with Crippen LogP contribution in [-0.4, -0.2) is 32.9 Å². The molecule has 2 aromatic rings. The van der Waals surface area contributed by atoms with E-state index in [0.29, 0.717) is 6.61 Å². The summed E-state index contributed by atoms with van der Waals surface area (Å²) in [6, 6.07) is 9.48. The Morgan fingerprint density at radius 3 is 2.80 bits per heavy atom. The average molecular weight is 295 g/mol. The van der Waals surface area contributed by atoms with Crippen LogP contribution in [0.1, 0.15) is 6.92 Å². The molecule has 0 amide bonds. The molecule has 1 atom stereocenters. The first-order chi connectivity index (χ1) is 9.44. The van der Waals surface area contributed by atoms with Crippen LogP contribution >= 0.6 is 0 Å². The smallest absolute Gasteiger partial charge is 0.264 e. The van der Waals surface area contributed by atoms with E-state index in [0.717, 1.165) is 22.9 Å². The quantitative estimate of drug-likeness (QED) is 0.765. The molecule has 0 radical (unpaired) electrons. The van der Waals surface area contributed by atoms with E-state index in [4.69, 9.17) is 8.92 Å². The molecule has 0 saturated carbocycles. The standard InChI is InChI=1S/C14H17NO4S/c1-11(10-19-20(2,16)17)9-18-13-5-6-14-12(8-13)4-3-7-15-14/h3-8,11H,9-10H2,1-2H3. The fraction of sp³-hybridized carbons (Fsp3) is 0.357. The van der Waals surface area contributed by atoms with Crippen LogP contribution in [0.15, 0.2) is 36.5 Å². The maximum Gasteiger partial charge on any atom is 0.264 e. The molecule has 108 valence electrons. The zero-order chi connectivity index (χ0) is 14.6. The number of ether oxygens (including phenoxy) is 1. The predicted molar refractivity (Wildman–Crippen MR) is 77.2 cm³/mol. The maximum atomic E-state index is 10.9. The van der Waals surface area contributed by atoms with Gasteiger partial charge >= 0.3 is 0 Å². The molecule has 1 unspecified atom stereocenters. The third-order valence-electron chi connectivity index (χ3n) is 2.68. The number of benzene rings is 1. The molecule has 0 aliphatic carbocycles. The summed E-state index contributed by atoms with van der Waals surface area (Å²) in [5, 5.41) is 1.00. The lowest BCUT2D eigenvalue weighted by molar-refractivity contribution is 0.193. The number of hydrogen-bond donors (Lipinski definition) is 0. The van der Waals surface area contributed by atoms with Gasteiger partial charge < -0.3 is 4.74 Å². The monoisotopic (exact) mass is 295 g/mol. The van der Waals surface area contributed by atoms with Gasteiger partial charge in [-0.05, 0) is 24.3 Å². The fourth-order valence-corrected chi connectivity index (χ4v) is 2.15. The van der Waals surface area contributed by atoms with Crippen molar-refractivity contribution in [2.75, 3.05) is 19.5 Å². The van der Waals surface area contributed by atoms with Gasteiger partial charge in [-0.3, -0.25) is 9.17 Å². The maximum absolute atomic E-state index is 10.9. The van der Waals surface area contributed by atoms with E-state index in [9.17, 15) is 8.42 Å². The van der Waals surface area contributed by atoms with E-state index in [1.807, 2.05) is 37.3 Å². The summed E-state index contributed by atoms with van der Waals surface area (Å²) >= 11 is 0. The minimum absolute atomic E-state index is 0.0191. The Balaban J connectivity index is 1.92. The van der Waals surface area contributed by atoms with Gasteiger partial charge in [0, 0.05) is 17.5 Å². The lowest BCUT2D eigenvalue weighted by Crippen LogP contribution is -2.17. The molecule has 0 aliphatic heterocycles. The second kappa shape index (κ2) is 6.19. The largest absolute Gasteiger partial charge is 0.493 e. The molecule has 0 spiro atoms. The van der Waals surface area contributed by atoms with Crippen molar-refractivity contribution in [1.29, 1.82) is 0 Å². The van der Waals surface area contributed by atoms with Crippen molar-refractivity contribution in [3.63, 3.8) is 0 Å². The molecule has 0 saturated heterocycles. The Morgan fingerprint density at radius 2 is 2.05 bits per heavy atom. The number of rotatable bonds is 6. The minimum atomic E-state index is -3.39. The summed E-state index contributed by atoms with van der Waals surface area (Å²) in [6.45, 7) is 2.38. The Labute approximate surface area is 118 Å². The van der Waals surface area contributed by atoms with Crippen molar-refractivity contribution in [2.24, 2.45) is 5.92 Å². The van der Waals surface area contributed by atoms with Crippen LogP contribution < -0.4 is 4.74 Å². The van der Waals surface area contributed by atoms with E-state index in [2.05, 4.69) is 4.98 Å². The van der Waals surface area contributed by atoms with Gasteiger partial charge in [0.1, 0.15) is 5.75 Å². The molecule has 1 aromatic heterocycles. The molecule has 0 N–H and O–H groups in total. The highest BCUT2D eigenvalue weighted by Crippen LogP contribution is 2.19. The average Bonchev–Trinajstić information content (AvgIpc) is 2.42. The number of hydrogen-bond acceptors (Lipinski definition) is 5. The molecular weight excluding hydrogens is 278 g/mol. The van der Waals surface area contributed by atoms with Crippen LogP contribution in [0.5, 0.6) is 5.75 Å². The molecule has 1 heterocycles. The Bertz CT molecular complexity index is 684. The number of aromatic nitrogens is 1. The van der Waals surface area contributed by atoms with E-state index in [-0.39, 0.29) is 12.5 Å². The molecule has 1 aromatic carbocycles. The second-order valence-electron chi connectivity index (χ2n) is 4.76. The van der Waals surface area contributed by atoms with Gasteiger partial charge in [0.05, 0.1) is 25.0 Å². The molecule has 6 heteroatoms. The highest BCUT2D eigenvalue weighted by atomic mass is 32.2. The Morgan fingerprint density at radius 1 is 1.25 bits per heavy atom. The summed E-state index contributed by atoms with van der Waals surface area (Å²) in [6.07, 6.45) is 2.78. The first-order valence-electron chi connectivity index (χ1n) is 6.26. The minimum Gasteiger partial charge on any atom is -0.493 e. The summed E-state index contributed by atoms with van der Waals surface area (Å²) in [4.78, 5) is 4.23. The SMILES string of the molecule is CC(COc1ccc2ncccc2c1)COS(C)(=O)=O. The Kier molecular flexibility index (Phi) is 4.57. The molecule has 0 fully saturated rings. The molecular formula is C14H17NO4S. The number of fused-ring (bicyclic) bond motifs is 1. The van der Waals surface area contributed by atoms with E-state index in [1.54, 1.807) is 6.20 Å². The van der Waals surface area contributed by atoms with E-state index >= 15 is 0 Å². The van der Waals surface area contributed by atoms with Crippen molar-refractivity contribution in [2.45, 2.75) is 6.92 Å². The zero-order valence-corrected chi connectivity index (χ0v) is 12.3. The lowest BCUT2D eigenvalue weighted by Gasteiger charge is -2.13. The van der Waals surface area contributed by atoms with Crippen LogP contribution in [0, 0.1) is 5.92 Å². The van der Waals surface area contributed by atoms with Crippen molar-refractivity contribution in [3.05, 3.63) is 36.5 Å². The van der Waals surface area contributed by atoms with Crippen molar-refractivity contribution >= 4 is 21.0 Å². The normalized spacial score (nSPS) is 13.3. The van der Waals surface area contributed by atoms with Crippen LogP contribution in [0.4, 0.5) is 0 Å². The number of pyridine rings is 1. The Hall–Kier alpha value is -1.66. The highest BCUT2D eigenvalue weighted by Gasteiger charge is 2.09. The van der Waals surface area contributed by atoms with Crippen LogP contribution in [0.25, 0.3) is 10.9 Å². The molecule has 5 nitrogen and oxygen atoms in total. The van der Waals surface area contributed by atoms with Crippen molar-refractivity contribution in [1.82, 2.24) is 4.98 Å². The van der Waals surface area contributed by atoms with Gasteiger partial charge in [0.2, 0.25) is 0 Å². The topological polar surface area (TPSA) is 65.5 Å². The zero-order valence-electron chi connectivity index (χ0n) is 11.4. The summed E-state index contributed by atoms with van der Waals surface area (Å²) in [7, 11) is -3.39. The van der Waals surface area contributed by atoms with Gasteiger partial charge in [-0.25, -0.2) is 0 Å². The first kappa shape index (κ1) is 14.7. The van der Waals surface area contributed by atoms with Crippen molar-refractivity contribution < 1.29 is 17.3 Å². The summed E-state index contributed by atoms with van der Waals surface area (Å²) < 4.78 is 32.1. The highest BCUT2D eigenvalue weighted by molar-refractivity contribution is 7.85. The molecule has 0 bridgehead atoms. The predicted octanol–water partition coefficient (Wildman–Crippen LogP) is 2.23. The van der Waals surface area contributed by atoms with Crippen LogP contribution in [-0.2, 0) is 14.3 Å². The second-order valence-corrected chi connectivity index (χ2v) is 6.41. The van der Waals surface area contributed by atoms with E-state index in [1.165, 1.54) is 0 Å². The summed E-state index contributed by atoms with van der Waals surface area (Å²) in [5.74, 6) is 0.714. The lowest BCUT2D eigenvalue weighted by atomic mass is 10.2. The molecule has 0 aliphatic rings. The fourth-order valence-electron chi connectivity index (χ4n) is 1.67. The van der Waals surface area contributed by atoms with Gasteiger partial charge in [-0.15, -0.1) is 0 Å². The molecule has 2 rings (SSSR count). The van der Waals surface area contributed by atoms with Gasteiger partial charge in [-0.1, -0.05) is 13.0 Å². The van der Waals surface area contributed by atoms with Crippen LogP contribution in [0.2, 0.25) is 0 Å². The van der Waals surface area contributed by atoms with Crippen LogP contribution in [0.3, 0.4) is 0 Å². The van der Waals surface area contributed by atoms with E-state index < -0.39 is 10.1 Å². The third kappa shape index (κ3) is 4.47. The first-order valence-corrected chi connectivity index (χ1v) is 8.08. The van der Waals surface area contributed by atoms with Gasteiger partial charge in [-0.2, -0.15) is 8.42 Å². The van der Waals surface area contributed by atoms with Gasteiger partial charge in [0.15, 0.2) is 0 Å². The van der Waals surface area contributed by atoms with Gasteiger partial charge in [0.25, 0.3) is 10.1 Å². The third-order valence-corrected chi connectivity index (χ3v) is 3.24. The molecule has 20 heavy (non-hydrogen) atoms. The number of nitrogens with zero attached hydrogens (tertiary/aromatic N) is 1.